The second kappa shape index (κ2) is 8.34. The van der Waals surface area contributed by atoms with Crippen molar-refractivity contribution in [3.8, 4) is 11.3 Å². The smallest absolute Gasteiger partial charge is 0.303 e. The molecule has 0 amide bonds. The van der Waals surface area contributed by atoms with Gasteiger partial charge < -0.3 is 9.84 Å². The third-order valence-corrected chi connectivity index (χ3v) is 6.97. The van der Waals surface area contributed by atoms with E-state index >= 15 is 0 Å². The molecule has 7 nitrogen and oxygen atoms in total. The first-order valence-corrected chi connectivity index (χ1v) is 10.6. The Labute approximate surface area is 172 Å². The van der Waals surface area contributed by atoms with Crippen LogP contribution in [0.2, 0.25) is 10.0 Å². The van der Waals surface area contributed by atoms with Gasteiger partial charge in [-0.05, 0) is 24.3 Å². The van der Waals surface area contributed by atoms with Gasteiger partial charge in [0.05, 0.1) is 34.9 Å². The number of nitrogens with zero attached hydrogens (tertiary/aromatic N) is 2. The molecule has 1 saturated heterocycles. The molecule has 2 heterocycles. The van der Waals surface area contributed by atoms with Gasteiger partial charge in [-0.25, -0.2) is 8.42 Å². The number of likely N-dealkylation sites (N-methyl/N-ethyl adjacent to an activating group) is 1. The largest absolute Gasteiger partial charge is 0.481 e. The molecule has 2 aromatic rings. The first-order chi connectivity index (χ1) is 13.2. The number of hydrogen-bond acceptors (Lipinski definition) is 5. The van der Waals surface area contributed by atoms with E-state index in [0.29, 0.717) is 23.6 Å². The van der Waals surface area contributed by atoms with Gasteiger partial charge in [-0.15, -0.1) is 0 Å². The molecule has 1 fully saturated rings. The minimum Gasteiger partial charge on any atom is -0.481 e. The average molecular weight is 445 g/mol. The highest BCUT2D eigenvalue weighted by Crippen LogP contribution is 2.36. The summed E-state index contributed by atoms with van der Waals surface area (Å²) in [6, 6.07) is 8.17. The predicted molar refractivity (Wildman–Crippen MR) is 105 cm³/mol. The van der Waals surface area contributed by atoms with E-state index in [2.05, 4.69) is 4.98 Å². The van der Waals surface area contributed by atoms with Crippen molar-refractivity contribution in [1.29, 1.82) is 0 Å². The number of pyridine rings is 1. The molecule has 0 spiro atoms. The van der Waals surface area contributed by atoms with Crippen LogP contribution in [0, 0.1) is 0 Å². The van der Waals surface area contributed by atoms with Gasteiger partial charge in [0, 0.05) is 31.3 Å². The molecule has 1 N–H and O–H groups in total. The SMILES string of the molecule is CN(C[C@H]1CO1)S(=O)(=O)c1c(Cl)cc(-c2cccc(CCC(=O)O)n2)cc1Cl. The first-order valence-electron chi connectivity index (χ1n) is 8.43. The third-order valence-electron chi connectivity index (χ3n) is 4.23. The number of aliphatic carboxylic acids is 1. The Hall–Kier alpha value is -1.71. The topological polar surface area (TPSA) is 100 Å². The van der Waals surface area contributed by atoms with Crippen molar-refractivity contribution in [3.63, 3.8) is 0 Å². The molecule has 0 aliphatic carbocycles. The van der Waals surface area contributed by atoms with E-state index in [4.69, 9.17) is 33.0 Å². The minimum absolute atomic E-state index is 0.0104. The number of benzene rings is 1. The van der Waals surface area contributed by atoms with E-state index in [9.17, 15) is 13.2 Å². The standard InChI is InChI=1S/C18H18Cl2N2O5S/c1-22(9-13-10-27-13)28(25,26)18-14(19)7-11(8-15(18)20)16-4-2-3-12(21-16)5-6-17(23)24/h2-4,7-8,13H,5-6,9-10H2,1H3,(H,23,24)/t13-/m0/s1. The molecule has 10 heteroatoms. The van der Waals surface area contributed by atoms with Crippen LogP contribution in [0.25, 0.3) is 11.3 Å². The Kier molecular flexibility index (Phi) is 6.26. The first kappa shape index (κ1) is 21.0. The van der Waals surface area contributed by atoms with Gasteiger partial charge in [-0.3, -0.25) is 9.78 Å². The lowest BCUT2D eigenvalue weighted by atomic mass is 10.1. The summed E-state index contributed by atoms with van der Waals surface area (Å²) < 4.78 is 31.9. The summed E-state index contributed by atoms with van der Waals surface area (Å²) in [5, 5.41) is 8.79. The summed E-state index contributed by atoms with van der Waals surface area (Å²) in [5.41, 5.74) is 1.67. The van der Waals surface area contributed by atoms with E-state index in [1.54, 1.807) is 18.2 Å². The molecule has 1 aromatic heterocycles. The molecule has 1 aromatic carbocycles. The van der Waals surface area contributed by atoms with Gasteiger partial charge in [-0.2, -0.15) is 4.31 Å². The van der Waals surface area contributed by atoms with Crippen LogP contribution in [0.5, 0.6) is 0 Å². The van der Waals surface area contributed by atoms with Gasteiger partial charge in [0.25, 0.3) is 0 Å². The highest BCUT2D eigenvalue weighted by molar-refractivity contribution is 7.89. The fourth-order valence-electron chi connectivity index (χ4n) is 2.68. The van der Waals surface area contributed by atoms with E-state index in [1.807, 2.05) is 0 Å². The van der Waals surface area contributed by atoms with Crippen molar-refractivity contribution in [2.75, 3.05) is 20.2 Å². The highest BCUT2D eigenvalue weighted by Gasteiger charge is 2.33. The van der Waals surface area contributed by atoms with E-state index in [0.717, 1.165) is 0 Å². The molecular weight excluding hydrogens is 427 g/mol. The second-order valence-corrected chi connectivity index (χ2v) is 9.21. The van der Waals surface area contributed by atoms with Crippen molar-refractivity contribution in [2.24, 2.45) is 0 Å². The van der Waals surface area contributed by atoms with Crippen LogP contribution in [0.15, 0.2) is 35.2 Å². The van der Waals surface area contributed by atoms with Gasteiger partial charge in [0.1, 0.15) is 4.90 Å². The number of aryl methyl sites for hydroxylation is 1. The molecule has 0 radical (unpaired) electrons. The maximum Gasteiger partial charge on any atom is 0.303 e. The van der Waals surface area contributed by atoms with E-state index < -0.39 is 16.0 Å². The Morgan fingerprint density at radius 3 is 2.54 bits per heavy atom. The minimum atomic E-state index is -3.88. The monoisotopic (exact) mass is 444 g/mol. The Bertz CT molecular complexity index is 986. The van der Waals surface area contributed by atoms with Crippen LogP contribution in [-0.4, -0.2) is 55.1 Å². The number of hydrogen-bond donors (Lipinski definition) is 1. The number of epoxide rings is 1. The molecular formula is C18H18Cl2N2O5S. The average Bonchev–Trinajstić information content (AvgIpc) is 3.43. The summed E-state index contributed by atoms with van der Waals surface area (Å²) in [7, 11) is -2.43. The quantitative estimate of drug-likeness (QED) is 0.627. The molecule has 3 rings (SSSR count). The van der Waals surface area contributed by atoms with Crippen molar-refractivity contribution in [2.45, 2.75) is 23.8 Å². The van der Waals surface area contributed by atoms with E-state index in [-0.39, 0.29) is 40.4 Å². The van der Waals surface area contributed by atoms with Gasteiger partial charge >= 0.3 is 5.97 Å². The summed E-state index contributed by atoms with van der Waals surface area (Å²) >= 11 is 12.6. The van der Waals surface area contributed by atoms with Gasteiger partial charge in [-0.1, -0.05) is 29.3 Å². The van der Waals surface area contributed by atoms with E-state index in [1.165, 1.54) is 23.5 Å². The van der Waals surface area contributed by atoms with Crippen molar-refractivity contribution in [1.82, 2.24) is 9.29 Å². The summed E-state index contributed by atoms with van der Waals surface area (Å²) in [5.74, 6) is -0.909. The van der Waals surface area contributed by atoms with Crippen molar-refractivity contribution >= 4 is 39.2 Å². The third kappa shape index (κ3) is 4.82. The maximum absolute atomic E-state index is 12.8. The molecule has 150 valence electrons. The molecule has 1 aliphatic heterocycles. The molecule has 28 heavy (non-hydrogen) atoms. The number of carboxylic acids is 1. The van der Waals surface area contributed by atoms with Crippen LogP contribution < -0.4 is 0 Å². The van der Waals surface area contributed by atoms with Crippen LogP contribution in [0.3, 0.4) is 0 Å². The predicted octanol–water partition coefficient (Wildman–Crippen LogP) is 3.09. The second-order valence-electron chi connectivity index (χ2n) is 6.42. The number of halogens is 2. The molecule has 0 saturated carbocycles. The zero-order chi connectivity index (χ0) is 20.5. The van der Waals surface area contributed by atoms with Crippen molar-refractivity contribution in [3.05, 3.63) is 46.1 Å². The summed E-state index contributed by atoms with van der Waals surface area (Å²) in [4.78, 5) is 15.0. The van der Waals surface area contributed by atoms with Crippen LogP contribution in [0.1, 0.15) is 12.1 Å². The van der Waals surface area contributed by atoms with Crippen LogP contribution >= 0.6 is 23.2 Å². The molecule has 0 unspecified atom stereocenters. The normalized spacial score (nSPS) is 16.4. The van der Waals surface area contributed by atoms with Crippen LogP contribution in [0.4, 0.5) is 0 Å². The molecule has 1 atom stereocenters. The number of sulfonamides is 1. The molecule has 0 bridgehead atoms. The van der Waals surface area contributed by atoms with Crippen molar-refractivity contribution < 1.29 is 23.1 Å². The number of ether oxygens (including phenoxy) is 1. The fourth-order valence-corrected chi connectivity index (χ4v) is 5.04. The number of carbonyl (C=O) groups is 1. The zero-order valence-electron chi connectivity index (χ0n) is 14.9. The van der Waals surface area contributed by atoms with Crippen LogP contribution in [-0.2, 0) is 26.0 Å². The lowest BCUT2D eigenvalue weighted by Crippen LogP contribution is -2.31. The fraction of sp³-hybridized carbons (Fsp3) is 0.333. The zero-order valence-corrected chi connectivity index (χ0v) is 17.3. The number of aromatic nitrogens is 1. The number of rotatable bonds is 8. The van der Waals surface area contributed by atoms with Gasteiger partial charge in [0.2, 0.25) is 10.0 Å². The Morgan fingerprint density at radius 2 is 1.96 bits per heavy atom. The summed E-state index contributed by atoms with van der Waals surface area (Å²) in [6.45, 7) is 0.758. The Morgan fingerprint density at radius 1 is 1.32 bits per heavy atom. The maximum atomic E-state index is 12.8. The lowest BCUT2D eigenvalue weighted by Gasteiger charge is -2.18. The lowest BCUT2D eigenvalue weighted by molar-refractivity contribution is -0.136. The highest BCUT2D eigenvalue weighted by atomic mass is 35.5. The van der Waals surface area contributed by atoms with Gasteiger partial charge in [0.15, 0.2) is 0 Å². The number of carboxylic acid groups (broad SMARTS) is 1. The summed E-state index contributed by atoms with van der Waals surface area (Å²) in [6.07, 6.45) is 0.145. The Balaban J connectivity index is 1.91. The molecule has 1 aliphatic rings.